The summed E-state index contributed by atoms with van der Waals surface area (Å²) in [5, 5.41) is 10.6. The van der Waals surface area contributed by atoms with Crippen LogP contribution in [0.4, 0.5) is 4.79 Å². The molecule has 0 radical (unpaired) electrons. The molecule has 1 aromatic rings. The zero-order valence-electron chi connectivity index (χ0n) is 16.8. The lowest BCUT2D eigenvalue weighted by Crippen LogP contribution is -2.40. The number of methoxy groups -OCH3 is 3. The second-order valence-electron chi connectivity index (χ2n) is 6.89. The first kappa shape index (κ1) is 22.7. The number of hydrogen-bond acceptors (Lipinski definition) is 7. The lowest BCUT2D eigenvalue weighted by molar-refractivity contribution is 0.00902. The number of amides is 1. The molecule has 0 fully saturated rings. The molecule has 8 nitrogen and oxygen atoms in total. The van der Waals surface area contributed by atoms with Gasteiger partial charge in [0.2, 0.25) is 0 Å². The summed E-state index contributed by atoms with van der Waals surface area (Å²) in [6.45, 7) is 5.88. The van der Waals surface area contributed by atoms with Gasteiger partial charge in [0.25, 0.3) is 0 Å². The largest absolute Gasteiger partial charge is 0.496 e. The predicted octanol–water partition coefficient (Wildman–Crippen LogP) is 2.40. The molecular weight excluding hydrogens is 354 g/mol. The maximum atomic E-state index is 12.4. The van der Waals surface area contributed by atoms with Gasteiger partial charge in [0.15, 0.2) is 0 Å². The predicted molar refractivity (Wildman–Crippen MR) is 99.0 cm³/mol. The Morgan fingerprint density at radius 1 is 1.19 bits per heavy atom. The number of esters is 1. The molecule has 27 heavy (non-hydrogen) atoms. The van der Waals surface area contributed by atoms with Crippen molar-refractivity contribution in [2.75, 3.05) is 41.0 Å². The molecule has 0 bridgehead atoms. The summed E-state index contributed by atoms with van der Waals surface area (Å²) in [6.07, 6.45) is -1.55. The Hall–Kier alpha value is -2.32. The summed E-state index contributed by atoms with van der Waals surface area (Å²) in [7, 11) is 4.22. The van der Waals surface area contributed by atoms with Crippen molar-refractivity contribution in [2.45, 2.75) is 32.5 Å². The highest BCUT2D eigenvalue weighted by atomic mass is 16.6. The third-order valence-electron chi connectivity index (χ3n) is 3.63. The highest BCUT2D eigenvalue weighted by Gasteiger charge is 2.25. The van der Waals surface area contributed by atoms with Crippen molar-refractivity contribution < 1.29 is 33.6 Å². The van der Waals surface area contributed by atoms with E-state index in [9.17, 15) is 14.7 Å². The first-order chi connectivity index (χ1) is 12.6. The molecule has 1 N–H and O–H groups in total. The number of rotatable bonds is 8. The number of carbonyl (C=O) groups is 2. The van der Waals surface area contributed by atoms with Crippen LogP contribution in [0.5, 0.6) is 5.75 Å². The van der Waals surface area contributed by atoms with Gasteiger partial charge in [-0.25, -0.2) is 9.59 Å². The van der Waals surface area contributed by atoms with Gasteiger partial charge in [-0.3, -0.25) is 0 Å². The van der Waals surface area contributed by atoms with Crippen LogP contribution in [0.1, 0.15) is 42.8 Å². The normalized spacial score (nSPS) is 12.3. The van der Waals surface area contributed by atoms with Crippen LogP contribution in [0, 0.1) is 0 Å². The summed E-state index contributed by atoms with van der Waals surface area (Å²) in [6, 6.07) is 4.64. The van der Waals surface area contributed by atoms with E-state index < -0.39 is 23.8 Å². The average molecular weight is 383 g/mol. The van der Waals surface area contributed by atoms with E-state index in [1.54, 1.807) is 32.9 Å². The van der Waals surface area contributed by atoms with Gasteiger partial charge < -0.3 is 29.0 Å². The lowest BCUT2D eigenvalue weighted by Gasteiger charge is -2.29. The van der Waals surface area contributed by atoms with Crippen LogP contribution < -0.4 is 4.74 Å². The maximum absolute atomic E-state index is 12.4. The molecule has 0 saturated carbocycles. The molecule has 152 valence electrons. The van der Waals surface area contributed by atoms with Crippen LogP contribution in [-0.4, -0.2) is 68.7 Å². The number of carbonyl (C=O) groups excluding carboxylic acids is 2. The fourth-order valence-electron chi connectivity index (χ4n) is 2.29. The van der Waals surface area contributed by atoms with Crippen LogP contribution in [-0.2, 0) is 14.2 Å². The molecule has 1 amide bonds. The van der Waals surface area contributed by atoms with E-state index >= 15 is 0 Å². The van der Waals surface area contributed by atoms with Crippen molar-refractivity contribution in [3.8, 4) is 5.75 Å². The number of benzene rings is 1. The quantitative estimate of drug-likeness (QED) is 0.689. The zero-order chi connectivity index (χ0) is 20.6. The van der Waals surface area contributed by atoms with E-state index in [-0.39, 0.29) is 24.4 Å². The molecule has 0 spiro atoms. The van der Waals surface area contributed by atoms with Gasteiger partial charge >= 0.3 is 12.1 Å². The number of nitrogens with zero attached hydrogens (tertiary/aromatic N) is 1. The van der Waals surface area contributed by atoms with Gasteiger partial charge in [-0.05, 0) is 38.5 Å². The first-order valence-corrected chi connectivity index (χ1v) is 8.54. The van der Waals surface area contributed by atoms with Crippen molar-refractivity contribution in [3.63, 3.8) is 0 Å². The summed E-state index contributed by atoms with van der Waals surface area (Å²) < 4.78 is 20.3. The molecule has 0 saturated heterocycles. The van der Waals surface area contributed by atoms with E-state index in [4.69, 9.17) is 18.9 Å². The van der Waals surface area contributed by atoms with Gasteiger partial charge in [0.05, 0.1) is 33.5 Å². The number of aliphatic hydroxyl groups is 1. The topological polar surface area (TPSA) is 94.5 Å². The Balaban J connectivity index is 2.98. The van der Waals surface area contributed by atoms with E-state index in [2.05, 4.69) is 0 Å². The Morgan fingerprint density at radius 2 is 1.85 bits per heavy atom. The minimum atomic E-state index is -1.00. The van der Waals surface area contributed by atoms with Crippen molar-refractivity contribution >= 4 is 12.1 Å². The fraction of sp³-hybridized carbons (Fsp3) is 0.579. The van der Waals surface area contributed by atoms with Crippen LogP contribution in [0.3, 0.4) is 0 Å². The van der Waals surface area contributed by atoms with Gasteiger partial charge in [-0.2, -0.15) is 0 Å². The molecule has 0 aliphatic carbocycles. The van der Waals surface area contributed by atoms with E-state index in [1.807, 2.05) is 0 Å². The van der Waals surface area contributed by atoms with E-state index in [0.29, 0.717) is 12.2 Å². The number of hydrogen-bond donors (Lipinski definition) is 1. The molecule has 8 heteroatoms. The third kappa shape index (κ3) is 7.07. The second kappa shape index (κ2) is 10.1. The van der Waals surface area contributed by atoms with E-state index in [0.717, 1.165) is 0 Å². The Kier molecular flexibility index (Phi) is 8.52. The molecule has 0 aliphatic rings. The van der Waals surface area contributed by atoms with Gasteiger partial charge in [-0.1, -0.05) is 6.07 Å². The van der Waals surface area contributed by atoms with Crippen molar-refractivity contribution in [2.24, 2.45) is 0 Å². The summed E-state index contributed by atoms with van der Waals surface area (Å²) in [5.74, 6) is -0.262. The Labute approximate surface area is 160 Å². The maximum Gasteiger partial charge on any atom is 0.410 e. The summed E-state index contributed by atoms with van der Waals surface area (Å²) >= 11 is 0. The number of ether oxygens (including phenoxy) is 4. The molecule has 0 aromatic heterocycles. The minimum Gasteiger partial charge on any atom is -0.496 e. The number of aliphatic hydroxyl groups excluding tert-OH is 1. The van der Waals surface area contributed by atoms with Crippen LogP contribution in [0.25, 0.3) is 0 Å². The SMILES string of the molecule is COCCN(C[C@H](O)c1ccc(C(=O)OC)c(OC)c1)C(=O)OC(C)(C)C. The monoisotopic (exact) mass is 383 g/mol. The third-order valence-corrected chi connectivity index (χ3v) is 3.63. The van der Waals surface area contributed by atoms with Crippen molar-refractivity contribution in [1.82, 2.24) is 4.90 Å². The van der Waals surface area contributed by atoms with Crippen molar-refractivity contribution in [1.29, 1.82) is 0 Å². The second-order valence-corrected chi connectivity index (χ2v) is 6.89. The molecule has 0 heterocycles. The zero-order valence-corrected chi connectivity index (χ0v) is 16.8. The minimum absolute atomic E-state index is 0.000994. The van der Waals surface area contributed by atoms with E-state index in [1.165, 1.54) is 32.3 Å². The smallest absolute Gasteiger partial charge is 0.410 e. The standard InChI is InChI=1S/C19H29NO7/c1-19(2,3)27-18(23)20(9-10-24-4)12-15(21)13-7-8-14(17(22)26-6)16(11-13)25-5/h7-8,11,15,21H,9-10,12H2,1-6H3/t15-/m0/s1. The lowest BCUT2D eigenvalue weighted by atomic mass is 10.1. The van der Waals surface area contributed by atoms with Crippen LogP contribution in [0.2, 0.25) is 0 Å². The molecule has 1 aromatic carbocycles. The van der Waals surface area contributed by atoms with Gasteiger partial charge in [0.1, 0.15) is 16.9 Å². The molecule has 0 unspecified atom stereocenters. The van der Waals surface area contributed by atoms with Crippen LogP contribution >= 0.6 is 0 Å². The highest BCUT2D eigenvalue weighted by Crippen LogP contribution is 2.25. The first-order valence-electron chi connectivity index (χ1n) is 8.54. The molecule has 0 aliphatic heterocycles. The van der Waals surface area contributed by atoms with Crippen molar-refractivity contribution in [3.05, 3.63) is 29.3 Å². The molecule has 1 atom stereocenters. The fourth-order valence-corrected chi connectivity index (χ4v) is 2.29. The molecular formula is C19H29NO7. The van der Waals surface area contributed by atoms with Gasteiger partial charge in [-0.15, -0.1) is 0 Å². The summed E-state index contributed by atoms with van der Waals surface area (Å²) in [4.78, 5) is 25.5. The Morgan fingerprint density at radius 3 is 2.37 bits per heavy atom. The molecule has 1 rings (SSSR count). The highest BCUT2D eigenvalue weighted by molar-refractivity contribution is 5.92. The van der Waals surface area contributed by atoms with Crippen LogP contribution in [0.15, 0.2) is 18.2 Å². The van der Waals surface area contributed by atoms with Gasteiger partial charge in [0, 0.05) is 13.7 Å². The average Bonchev–Trinajstić information content (AvgIpc) is 2.62. The summed E-state index contributed by atoms with van der Waals surface area (Å²) in [5.41, 5.74) is 0.0865. The Bertz CT molecular complexity index is 639.